The average molecular weight is 292 g/mol. The summed E-state index contributed by atoms with van der Waals surface area (Å²) in [6, 6.07) is 0. The lowest BCUT2D eigenvalue weighted by Crippen LogP contribution is -2.54. The SMILES string of the molecule is CCC(C)O[Si](OC(C)=O)(OC(C)=O)OC(C)CC. The second-order valence-corrected chi connectivity index (χ2v) is 6.24. The van der Waals surface area contributed by atoms with Crippen molar-refractivity contribution in [1.82, 2.24) is 0 Å². The number of hydrogen-bond donors (Lipinski definition) is 0. The lowest BCUT2D eigenvalue weighted by atomic mass is 10.3. The highest BCUT2D eigenvalue weighted by Gasteiger charge is 2.55. The van der Waals surface area contributed by atoms with Crippen molar-refractivity contribution in [1.29, 1.82) is 0 Å². The van der Waals surface area contributed by atoms with E-state index in [0.717, 1.165) is 0 Å². The van der Waals surface area contributed by atoms with E-state index in [1.807, 2.05) is 13.8 Å². The van der Waals surface area contributed by atoms with Gasteiger partial charge in [-0.05, 0) is 26.7 Å². The van der Waals surface area contributed by atoms with Crippen molar-refractivity contribution >= 4 is 21.0 Å². The standard InChI is InChI=1S/C12H24O6Si/c1-7-9(3)15-19(17-11(5)13,18-12(6)14)16-10(4)8-2/h9-10H,7-8H2,1-6H3. The Bertz CT molecular complexity index is 277. The molecule has 0 amide bonds. The van der Waals surface area contributed by atoms with Gasteiger partial charge in [0.1, 0.15) is 0 Å². The molecule has 2 atom stereocenters. The van der Waals surface area contributed by atoms with E-state index in [2.05, 4.69) is 0 Å². The van der Waals surface area contributed by atoms with Gasteiger partial charge in [-0.2, -0.15) is 0 Å². The van der Waals surface area contributed by atoms with E-state index in [0.29, 0.717) is 12.8 Å². The molecule has 0 aliphatic carbocycles. The molecule has 112 valence electrons. The molecule has 2 unspecified atom stereocenters. The van der Waals surface area contributed by atoms with Crippen LogP contribution in [0.4, 0.5) is 0 Å². The van der Waals surface area contributed by atoms with Crippen LogP contribution in [-0.4, -0.2) is 33.2 Å². The third-order valence-electron chi connectivity index (χ3n) is 2.38. The summed E-state index contributed by atoms with van der Waals surface area (Å²) in [5, 5.41) is 0. The molecule has 0 aromatic carbocycles. The summed E-state index contributed by atoms with van der Waals surface area (Å²) in [6.45, 7) is 9.88. The van der Waals surface area contributed by atoms with Gasteiger partial charge in [-0.15, -0.1) is 0 Å². The van der Waals surface area contributed by atoms with Crippen molar-refractivity contribution in [3.05, 3.63) is 0 Å². The third kappa shape index (κ3) is 7.29. The third-order valence-corrected chi connectivity index (χ3v) is 4.84. The Balaban J connectivity index is 5.16. The van der Waals surface area contributed by atoms with Crippen LogP contribution in [0.25, 0.3) is 0 Å². The highest BCUT2D eigenvalue weighted by Crippen LogP contribution is 2.19. The zero-order chi connectivity index (χ0) is 15.1. The van der Waals surface area contributed by atoms with Gasteiger partial charge in [0.15, 0.2) is 0 Å². The fourth-order valence-electron chi connectivity index (χ4n) is 1.16. The molecule has 0 rings (SSSR count). The molecule has 0 spiro atoms. The smallest absolute Gasteiger partial charge is 0.442 e. The Hall–Kier alpha value is -0.923. The first-order valence-electron chi connectivity index (χ1n) is 6.49. The van der Waals surface area contributed by atoms with Gasteiger partial charge < -0.3 is 17.7 Å². The zero-order valence-electron chi connectivity index (χ0n) is 12.5. The molecule has 0 fully saturated rings. The van der Waals surface area contributed by atoms with Crippen LogP contribution in [0, 0.1) is 0 Å². The van der Waals surface area contributed by atoms with E-state index < -0.39 is 21.0 Å². The van der Waals surface area contributed by atoms with Gasteiger partial charge in [-0.3, -0.25) is 9.59 Å². The van der Waals surface area contributed by atoms with E-state index in [1.165, 1.54) is 13.8 Å². The summed E-state index contributed by atoms with van der Waals surface area (Å²) in [4.78, 5) is 22.5. The summed E-state index contributed by atoms with van der Waals surface area (Å²) in [7, 11) is -3.79. The Morgan fingerprint density at radius 2 is 1.21 bits per heavy atom. The topological polar surface area (TPSA) is 71.1 Å². The van der Waals surface area contributed by atoms with Crippen molar-refractivity contribution in [3.8, 4) is 0 Å². The minimum atomic E-state index is -3.79. The Kier molecular flexibility index (Phi) is 7.89. The van der Waals surface area contributed by atoms with Crippen LogP contribution >= 0.6 is 0 Å². The normalized spacial score (nSPS) is 14.6. The van der Waals surface area contributed by atoms with Crippen LogP contribution < -0.4 is 0 Å². The van der Waals surface area contributed by atoms with Gasteiger partial charge in [0.2, 0.25) is 0 Å². The quantitative estimate of drug-likeness (QED) is 0.639. The molecular formula is C12H24O6Si. The maximum Gasteiger partial charge on any atom is 0.825 e. The van der Waals surface area contributed by atoms with E-state index in [1.54, 1.807) is 13.8 Å². The molecule has 7 heteroatoms. The van der Waals surface area contributed by atoms with Gasteiger partial charge >= 0.3 is 9.05 Å². The molecule has 0 bridgehead atoms. The van der Waals surface area contributed by atoms with Crippen molar-refractivity contribution in [3.63, 3.8) is 0 Å². The monoisotopic (exact) mass is 292 g/mol. The fourth-order valence-corrected chi connectivity index (χ4v) is 3.47. The van der Waals surface area contributed by atoms with Crippen LogP contribution in [0.15, 0.2) is 0 Å². The van der Waals surface area contributed by atoms with Crippen LogP contribution in [-0.2, 0) is 27.3 Å². The predicted octanol–water partition coefficient (Wildman–Crippen LogP) is 2.18. The van der Waals surface area contributed by atoms with Crippen LogP contribution in [0.3, 0.4) is 0 Å². The van der Waals surface area contributed by atoms with Crippen molar-refractivity contribution in [2.45, 2.75) is 66.6 Å². The highest BCUT2D eigenvalue weighted by atomic mass is 28.4. The van der Waals surface area contributed by atoms with Crippen molar-refractivity contribution < 1.29 is 27.3 Å². The highest BCUT2D eigenvalue weighted by molar-refractivity contribution is 6.57. The number of rotatable bonds is 8. The van der Waals surface area contributed by atoms with Gasteiger partial charge in [0.25, 0.3) is 11.9 Å². The second kappa shape index (κ2) is 8.29. The van der Waals surface area contributed by atoms with E-state index in [9.17, 15) is 9.59 Å². The Morgan fingerprint density at radius 3 is 1.42 bits per heavy atom. The molecule has 0 aliphatic heterocycles. The summed E-state index contributed by atoms with van der Waals surface area (Å²) in [5.41, 5.74) is 0. The first kappa shape index (κ1) is 18.1. The fraction of sp³-hybridized carbons (Fsp3) is 0.833. The maximum atomic E-state index is 11.2. The van der Waals surface area contributed by atoms with Crippen LogP contribution in [0.5, 0.6) is 0 Å². The minimum absolute atomic E-state index is 0.241. The van der Waals surface area contributed by atoms with E-state index >= 15 is 0 Å². The van der Waals surface area contributed by atoms with Gasteiger partial charge in [0.05, 0.1) is 12.2 Å². The lowest BCUT2D eigenvalue weighted by molar-refractivity contribution is -0.154. The van der Waals surface area contributed by atoms with Crippen LogP contribution in [0.1, 0.15) is 54.4 Å². The molecular weight excluding hydrogens is 268 g/mol. The van der Waals surface area contributed by atoms with Crippen LogP contribution in [0.2, 0.25) is 0 Å². The molecule has 19 heavy (non-hydrogen) atoms. The molecule has 0 saturated heterocycles. The molecule has 0 saturated carbocycles. The first-order valence-corrected chi connectivity index (χ1v) is 8.12. The summed E-state index contributed by atoms with van der Waals surface area (Å²) in [6.07, 6.45) is 0.881. The molecule has 0 heterocycles. The summed E-state index contributed by atoms with van der Waals surface area (Å²) in [5.74, 6) is -1.20. The van der Waals surface area contributed by atoms with Crippen molar-refractivity contribution in [2.75, 3.05) is 0 Å². The van der Waals surface area contributed by atoms with E-state index in [-0.39, 0.29) is 12.2 Å². The first-order chi connectivity index (χ1) is 8.74. The second-order valence-electron chi connectivity index (χ2n) is 4.36. The molecule has 6 nitrogen and oxygen atoms in total. The number of carbonyl (C=O) groups is 2. The summed E-state index contributed by atoms with van der Waals surface area (Å²) >= 11 is 0. The summed E-state index contributed by atoms with van der Waals surface area (Å²) < 4.78 is 21.4. The van der Waals surface area contributed by atoms with E-state index in [4.69, 9.17) is 17.7 Å². The Morgan fingerprint density at radius 1 is 0.895 bits per heavy atom. The zero-order valence-corrected chi connectivity index (χ0v) is 13.5. The Labute approximate surface area is 115 Å². The number of hydrogen-bond acceptors (Lipinski definition) is 6. The van der Waals surface area contributed by atoms with Gasteiger partial charge in [-0.1, -0.05) is 13.8 Å². The van der Waals surface area contributed by atoms with Gasteiger partial charge in [-0.25, -0.2) is 0 Å². The molecule has 0 aromatic rings. The molecule has 0 aromatic heterocycles. The molecule has 0 aliphatic rings. The predicted molar refractivity (Wildman–Crippen MR) is 71.0 cm³/mol. The average Bonchev–Trinajstić information content (AvgIpc) is 2.26. The van der Waals surface area contributed by atoms with Crippen molar-refractivity contribution in [2.24, 2.45) is 0 Å². The van der Waals surface area contributed by atoms with Gasteiger partial charge in [0, 0.05) is 13.8 Å². The maximum absolute atomic E-state index is 11.2. The molecule has 0 N–H and O–H groups in total. The molecule has 0 radical (unpaired) electrons. The minimum Gasteiger partial charge on any atom is -0.442 e. The number of carbonyl (C=O) groups excluding carboxylic acids is 2. The lowest BCUT2D eigenvalue weighted by Gasteiger charge is -2.30. The largest absolute Gasteiger partial charge is 0.825 e.